The minimum absolute atomic E-state index is 0.0630. The highest BCUT2D eigenvalue weighted by Crippen LogP contribution is 2.84. The van der Waals surface area contributed by atoms with Crippen molar-refractivity contribution in [2.75, 3.05) is 7.11 Å². The van der Waals surface area contributed by atoms with Crippen molar-refractivity contribution in [3.63, 3.8) is 0 Å². The summed E-state index contributed by atoms with van der Waals surface area (Å²) in [5.41, 5.74) is 0.468. The largest absolute Gasteiger partial charge is 0.393 e. The van der Waals surface area contributed by atoms with Crippen LogP contribution in [-0.4, -0.2) is 23.9 Å². The average Bonchev–Trinajstić information content (AvgIpc) is 2.44. The SMILES string of the molecule is COC12C3C=CC1C21CC(O)CC1C3. The third kappa shape index (κ3) is 0.496. The van der Waals surface area contributed by atoms with Crippen LogP contribution in [0.1, 0.15) is 19.3 Å². The molecule has 76 valence electrons. The topological polar surface area (TPSA) is 29.5 Å². The smallest absolute Gasteiger partial charge is 0.0875 e. The molecule has 1 spiro atoms. The first kappa shape index (κ1) is 7.89. The molecule has 3 fully saturated rings. The van der Waals surface area contributed by atoms with Crippen molar-refractivity contribution in [2.24, 2.45) is 23.2 Å². The minimum Gasteiger partial charge on any atom is -0.393 e. The Balaban J connectivity index is 1.85. The summed E-state index contributed by atoms with van der Waals surface area (Å²) in [7, 11) is 1.86. The van der Waals surface area contributed by atoms with Gasteiger partial charge >= 0.3 is 0 Å². The van der Waals surface area contributed by atoms with E-state index in [1.165, 1.54) is 6.42 Å². The first-order valence-electron chi connectivity index (χ1n) is 5.67. The number of hydrogen-bond donors (Lipinski definition) is 1. The molecular weight excluding hydrogens is 176 g/mol. The van der Waals surface area contributed by atoms with Gasteiger partial charge in [0.1, 0.15) is 0 Å². The predicted molar refractivity (Wildman–Crippen MR) is 51.6 cm³/mol. The molecule has 6 atom stereocenters. The van der Waals surface area contributed by atoms with Gasteiger partial charge in [0.15, 0.2) is 0 Å². The molecule has 0 bridgehead atoms. The molecule has 2 nitrogen and oxygen atoms in total. The molecule has 4 rings (SSSR count). The fraction of sp³-hybridized carbons (Fsp3) is 0.833. The van der Waals surface area contributed by atoms with Crippen LogP contribution in [0.2, 0.25) is 0 Å². The van der Waals surface area contributed by atoms with Crippen LogP contribution in [0.4, 0.5) is 0 Å². The van der Waals surface area contributed by atoms with E-state index in [9.17, 15) is 5.11 Å². The highest BCUT2D eigenvalue weighted by Gasteiger charge is 2.87. The molecule has 0 saturated heterocycles. The normalized spacial score (nSPS) is 67.0. The van der Waals surface area contributed by atoms with Crippen molar-refractivity contribution in [3.8, 4) is 0 Å². The van der Waals surface area contributed by atoms with Crippen molar-refractivity contribution in [1.29, 1.82) is 0 Å². The Labute approximate surface area is 83.9 Å². The summed E-state index contributed by atoms with van der Waals surface area (Å²) in [6.07, 6.45) is 7.89. The van der Waals surface area contributed by atoms with Crippen LogP contribution in [-0.2, 0) is 4.74 Å². The lowest BCUT2D eigenvalue weighted by Gasteiger charge is -2.19. The second-order valence-corrected chi connectivity index (χ2v) is 5.53. The number of aliphatic hydroxyl groups is 1. The first-order valence-corrected chi connectivity index (χ1v) is 5.67. The molecule has 1 N–H and O–H groups in total. The van der Waals surface area contributed by atoms with E-state index in [4.69, 9.17) is 4.74 Å². The van der Waals surface area contributed by atoms with E-state index in [1.807, 2.05) is 7.11 Å². The second kappa shape index (κ2) is 1.96. The Bertz CT molecular complexity index is 337. The summed E-state index contributed by atoms with van der Waals surface area (Å²) in [5, 5.41) is 9.79. The van der Waals surface area contributed by atoms with Crippen LogP contribution >= 0.6 is 0 Å². The Morgan fingerprint density at radius 2 is 2.21 bits per heavy atom. The number of ether oxygens (including phenoxy) is 1. The van der Waals surface area contributed by atoms with Gasteiger partial charge in [0, 0.05) is 24.4 Å². The lowest BCUT2D eigenvalue weighted by molar-refractivity contribution is 0.0252. The van der Waals surface area contributed by atoms with Gasteiger partial charge in [0.05, 0.1) is 11.7 Å². The highest BCUT2D eigenvalue weighted by molar-refractivity contribution is 5.45. The van der Waals surface area contributed by atoms with Crippen LogP contribution in [0.5, 0.6) is 0 Å². The minimum atomic E-state index is -0.0630. The van der Waals surface area contributed by atoms with Crippen LogP contribution in [0.3, 0.4) is 0 Å². The molecule has 2 heteroatoms. The summed E-state index contributed by atoms with van der Waals surface area (Å²) in [5.74, 6) is 2.00. The summed E-state index contributed by atoms with van der Waals surface area (Å²) in [4.78, 5) is 0. The standard InChI is InChI=1S/C12H16O2/c1-14-12-7-2-3-10(12)11(12)6-9(13)5-8(11)4-7/h2-3,7-10,13H,4-6H2,1H3. The van der Waals surface area contributed by atoms with Gasteiger partial charge in [0.2, 0.25) is 0 Å². The maximum absolute atomic E-state index is 9.79. The zero-order chi connectivity index (χ0) is 9.55. The fourth-order valence-corrected chi connectivity index (χ4v) is 5.24. The molecule has 14 heavy (non-hydrogen) atoms. The van der Waals surface area contributed by atoms with Gasteiger partial charge in [-0.3, -0.25) is 0 Å². The number of hydrogen-bond acceptors (Lipinski definition) is 2. The maximum Gasteiger partial charge on any atom is 0.0875 e. The van der Waals surface area contributed by atoms with Gasteiger partial charge in [-0.25, -0.2) is 0 Å². The van der Waals surface area contributed by atoms with Gasteiger partial charge in [-0.2, -0.15) is 0 Å². The third-order valence-electron chi connectivity index (χ3n) is 5.48. The Kier molecular flexibility index (Phi) is 1.10. The van der Waals surface area contributed by atoms with Gasteiger partial charge in [-0.15, -0.1) is 0 Å². The number of aliphatic hydroxyl groups excluding tert-OH is 1. The van der Waals surface area contributed by atoms with E-state index in [0.29, 0.717) is 17.3 Å². The average molecular weight is 192 g/mol. The number of rotatable bonds is 1. The molecule has 4 aliphatic rings. The molecule has 0 radical (unpaired) electrons. The molecular formula is C12H16O2. The lowest BCUT2D eigenvalue weighted by atomic mass is 9.91. The van der Waals surface area contributed by atoms with Crippen LogP contribution < -0.4 is 0 Å². The molecule has 4 aliphatic carbocycles. The molecule has 0 aromatic heterocycles. The summed E-state index contributed by atoms with van der Waals surface area (Å²) < 4.78 is 5.84. The van der Waals surface area contributed by atoms with Crippen molar-refractivity contribution in [3.05, 3.63) is 12.2 Å². The molecule has 0 amide bonds. The lowest BCUT2D eigenvalue weighted by Crippen LogP contribution is -2.24. The zero-order valence-corrected chi connectivity index (χ0v) is 8.44. The molecule has 6 unspecified atom stereocenters. The van der Waals surface area contributed by atoms with Gasteiger partial charge < -0.3 is 9.84 Å². The summed E-state index contributed by atoms with van der Waals surface area (Å²) in [6, 6.07) is 0. The van der Waals surface area contributed by atoms with Gasteiger partial charge in [0.25, 0.3) is 0 Å². The zero-order valence-electron chi connectivity index (χ0n) is 8.44. The fourth-order valence-electron chi connectivity index (χ4n) is 5.24. The third-order valence-corrected chi connectivity index (χ3v) is 5.48. The van der Waals surface area contributed by atoms with E-state index in [0.717, 1.165) is 18.8 Å². The number of methoxy groups -OCH3 is 1. The van der Waals surface area contributed by atoms with E-state index < -0.39 is 0 Å². The molecule has 0 aromatic rings. The predicted octanol–water partition coefficient (Wildman–Crippen LogP) is 1.35. The quantitative estimate of drug-likeness (QED) is 0.635. The highest BCUT2D eigenvalue weighted by atomic mass is 16.5. The molecule has 3 saturated carbocycles. The van der Waals surface area contributed by atoms with Crippen LogP contribution in [0, 0.1) is 23.2 Å². The van der Waals surface area contributed by atoms with Crippen molar-refractivity contribution >= 4 is 0 Å². The van der Waals surface area contributed by atoms with Crippen LogP contribution in [0.15, 0.2) is 12.2 Å². The van der Waals surface area contributed by atoms with Crippen molar-refractivity contribution < 1.29 is 9.84 Å². The molecule has 0 heterocycles. The van der Waals surface area contributed by atoms with Crippen molar-refractivity contribution in [2.45, 2.75) is 31.0 Å². The van der Waals surface area contributed by atoms with E-state index in [2.05, 4.69) is 12.2 Å². The first-order chi connectivity index (χ1) is 6.75. The van der Waals surface area contributed by atoms with Gasteiger partial charge in [-0.05, 0) is 25.2 Å². The van der Waals surface area contributed by atoms with E-state index in [-0.39, 0.29) is 11.7 Å². The molecule has 0 aliphatic heterocycles. The van der Waals surface area contributed by atoms with Crippen LogP contribution in [0.25, 0.3) is 0 Å². The molecule has 0 aromatic carbocycles. The monoisotopic (exact) mass is 192 g/mol. The maximum atomic E-state index is 9.79. The van der Waals surface area contributed by atoms with Gasteiger partial charge in [-0.1, -0.05) is 12.2 Å². The summed E-state index contributed by atoms with van der Waals surface area (Å²) in [6.45, 7) is 0. The second-order valence-electron chi connectivity index (χ2n) is 5.53. The van der Waals surface area contributed by atoms with Crippen molar-refractivity contribution in [1.82, 2.24) is 0 Å². The summed E-state index contributed by atoms with van der Waals surface area (Å²) >= 11 is 0. The Morgan fingerprint density at radius 1 is 1.36 bits per heavy atom. The van der Waals surface area contributed by atoms with E-state index >= 15 is 0 Å². The van der Waals surface area contributed by atoms with E-state index in [1.54, 1.807) is 0 Å². The Hall–Kier alpha value is -0.340. The Morgan fingerprint density at radius 3 is 2.93 bits per heavy atom.